The van der Waals surface area contributed by atoms with Crippen molar-refractivity contribution in [2.45, 2.75) is 67.0 Å². The second-order valence-electron chi connectivity index (χ2n) is 6.45. The lowest BCUT2D eigenvalue weighted by molar-refractivity contribution is -0.463. The van der Waals surface area contributed by atoms with Gasteiger partial charge < -0.3 is 4.90 Å². The van der Waals surface area contributed by atoms with Gasteiger partial charge in [0.15, 0.2) is 0 Å². The van der Waals surface area contributed by atoms with Crippen LogP contribution in [-0.4, -0.2) is 72.7 Å². The topological polar surface area (TPSA) is 3.24 Å². The molecule has 0 fully saturated rings. The lowest BCUT2D eigenvalue weighted by atomic mass is 9.86. The Morgan fingerprint density at radius 3 is 0.968 bits per heavy atom. The molecule has 0 aliphatic carbocycles. The third-order valence-electron chi connectivity index (χ3n) is 4.17. The van der Waals surface area contributed by atoms with Gasteiger partial charge in [-0.1, -0.05) is 6.92 Å². The van der Waals surface area contributed by atoms with E-state index in [-0.39, 0.29) is 4.90 Å². The molecule has 1 atom stereocenters. The Balaban J connectivity index is 6.83. The second kappa shape index (κ2) is 7.67. The Morgan fingerprint density at radius 2 is 0.742 bits per heavy atom. The molecular formula is C13H12F17N. The van der Waals surface area contributed by atoms with Gasteiger partial charge in [-0.05, 0) is 20.5 Å². The standard InChI is InChI=1S/C13H12F17N/c1-4-5(31(2)3)6(14,15)7(16,17)8(18,19)9(20,21)10(22,23)11(24,25)12(26,27)13(28,29)30/h5H,4H2,1-3H3. The number of rotatable bonds is 9. The van der Waals surface area contributed by atoms with Crippen LogP contribution in [0, 0.1) is 0 Å². The number of halogens is 17. The summed E-state index contributed by atoms with van der Waals surface area (Å²) in [7, 11) is 1.03. The smallest absolute Gasteiger partial charge is 0.301 e. The molecule has 0 aromatic rings. The van der Waals surface area contributed by atoms with Gasteiger partial charge in [-0.25, -0.2) is 0 Å². The molecule has 0 N–H and O–H groups in total. The first-order valence-corrected chi connectivity index (χ1v) is 7.52. The fourth-order valence-electron chi connectivity index (χ4n) is 2.33. The summed E-state index contributed by atoms with van der Waals surface area (Å²) < 4.78 is 223. The average molecular weight is 505 g/mol. The zero-order valence-corrected chi connectivity index (χ0v) is 15.2. The Kier molecular flexibility index (Phi) is 7.37. The maximum Gasteiger partial charge on any atom is 0.460 e. The minimum atomic E-state index is -8.60. The predicted octanol–water partition coefficient (Wildman–Crippen LogP) is 6.34. The quantitative estimate of drug-likeness (QED) is 0.331. The van der Waals surface area contributed by atoms with Crippen LogP contribution in [-0.2, 0) is 0 Å². The SMILES string of the molecule is CCC(N(C)C)C(F)(F)C(F)(F)C(F)(F)C(F)(F)C(F)(F)C(F)(F)C(F)(F)C(F)(F)F. The highest BCUT2D eigenvalue weighted by molar-refractivity contribution is 5.16. The number of nitrogens with zero attached hydrogens (tertiary/aromatic N) is 1. The van der Waals surface area contributed by atoms with Gasteiger partial charge in [0.1, 0.15) is 0 Å². The van der Waals surface area contributed by atoms with E-state index < -0.39 is 60.1 Å². The van der Waals surface area contributed by atoms with Crippen LogP contribution in [0.3, 0.4) is 0 Å². The third-order valence-corrected chi connectivity index (χ3v) is 4.17. The molecule has 0 aliphatic rings. The highest BCUT2D eigenvalue weighted by Gasteiger charge is 2.95. The van der Waals surface area contributed by atoms with Crippen molar-refractivity contribution in [2.75, 3.05) is 14.1 Å². The van der Waals surface area contributed by atoms with Gasteiger partial charge in [-0.2, -0.15) is 74.6 Å². The molecule has 0 heterocycles. The van der Waals surface area contributed by atoms with E-state index in [9.17, 15) is 74.6 Å². The maximum atomic E-state index is 13.9. The fourth-order valence-corrected chi connectivity index (χ4v) is 2.33. The number of hydrogen-bond acceptors (Lipinski definition) is 1. The maximum absolute atomic E-state index is 13.9. The van der Waals surface area contributed by atoms with Crippen LogP contribution >= 0.6 is 0 Å². The predicted molar refractivity (Wildman–Crippen MR) is 68.5 cm³/mol. The molecule has 0 aromatic carbocycles. The molecule has 0 radical (unpaired) electrons. The van der Waals surface area contributed by atoms with Gasteiger partial charge in [-0.3, -0.25) is 0 Å². The van der Waals surface area contributed by atoms with Crippen molar-refractivity contribution in [1.82, 2.24) is 4.90 Å². The highest BCUT2D eigenvalue weighted by atomic mass is 19.4. The number of alkyl halides is 17. The van der Waals surface area contributed by atoms with E-state index in [0.717, 1.165) is 0 Å². The summed E-state index contributed by atoms with van der Waals surface area (Å²) in [6.07, 6.45) is -8.99. The lowest BCUT2D eigenvalue weighted by Gasteiger charge is -2.44. The molecule has 0 aliphatic heterocycles. The second-order valence-corrected chi connectivity index (χ2v) is 6.45. The van der Waals surface area contributed by atoms with Crippen LogP contribution in [0.1, 0.15) is 13.3 Å². The van der Waals surface area contributed by atoms with Crippen molar-refractivity contribution in [2.24, 2.45) is 0 Å². The summed E-state index contributed by atoms with van der Waals surface area (Å²) in [6.45, 7) is 0.609. The highest BCUT2D eigenvalue weighted by Crippen LogP contribution is 2.64. The summed E-state index contributed by atoms with van der Waals surface area (Å²) in [5.74, 6) is -56.0. The molecule has 0 aromatic heterocycles. The molecule has 0 spiro atoms. The summed E-state index contributed by atoms with van der Waals surface area (Å²) in [5, 5.41) is 0. The Bertz CT molecular complexity index is 632. The number of hydrogen-bond donors (Lipinski definition) is 0. The van der Waals surface area contributed by atoms with Crippen LogP contribution in [0.15, 0.2) is 0 Å². The summed E-state index contributed by atoms with van der Waals surface area (Å²) >= 11 is 0. The lowest BCUT2D eigenvalue weighted by Crippen LogP contribution is -2.75. The van der Waals surface area contributed by atoms with Gasteiger partial charge in [-0.15, -0.1) is 0 Å². The monoisotopic (exact) mass is 505 g/mol. The van der Waals surface area contributed by atoms with Gasteiger partial charge in [0.2, 0.25) is 0 Å². The molecule has 0 bridgehead atoms. The molecule has 18 heteroatoms. The first-order chi connectivity index (χ1) is 13.1. The van der Waals surface area contributed by atoms with Crippen molar-refractivity contribution in [1.29, 1.82) is 0 Å². The van der Waals surface area contributed by atoms with Gasteiger partial charge >= 0.3 is 47.6 Å². The Labute approximate surface area is 162 Å². The van der Waals surface area contributed by atoms with E-state index in [2.05, 4.69) is 0 Å². The molecule has 0 amide bonds. The van der Waals surface area contributed by atoms with Gasteiger partial charge in [0.25, 0.3) is 0 Å². The van der Waals surface area contributed by atoms with Crippen LogP contribution in [0.5, 0.6) is 0 Å². The molecule has 0 rings (SSSR count). The minimum Gasteiger partial charge on any atom is -0.301 e. The summed E-state index contributed by atoms with van der Waals surface area (Å²) in [4.78, 5) is 0.0344. The summed E-state index contributed by atoms with van der Waals surface area (Å²) in [6, 6.07) is -3.12. The van der Waals surface area contributed by atoms with Crippen molar-refractivity contribution in [3.05, 3.63) is 0 Å². The zero-order chi connectivity index (χ0) is 25.9. The molecule has 1 nitrogen and oxygen atoms in total. The van der Waals surface area contributed by atoms with Crippen molar-refractivity contribution >= 4 is 0 Å². The average Bonchev–Trinajstić information content (AvgIpc) is 2.52. The normalized spacial score (nSPS) is 17.3. The van der Waals surface area contributed by atoms with E-state index in [1.807, 2.05) is 0 Å². The van der Waals surface area contributed by atoms with Crippen LogP contribution in [0.2, 0.25) is 0 Å². The first-order valence-electron chi connectivity index (χ1n) is 7.52. The summed E-state index contributed by atoms with van der Waals surface area (Å²) in [5.41, 5.74) is 0. The van der Waals surface area contributed by atoms with Crippen molar-refractivity contribution < 1.29 is 74.6 Å². The Hall–Kier alpha value is -1.23. The molecule has 31 heavy (non-hydrogen) atoms. The van der Waals surface area contributed by atoms with Gasteiger partial charge in [0, 0.05) is 0 Å². The minimum absolute atomic E-state index is 0.0344. The van der Waals surface area contributed by atoms with E-state index in [1.54, 1.807) is 0 Å². The first kappa shape index (κ1) is 29.8. The molecular weight excluding hydrogens is 493 g/mol. The van der Waals surface area contributed by atoms with Crippen molar-refractivity contribution in [3.8, 4) is 0 Å². The molecule has 0 saturated heterocycles. The third kappa shape index (κ3) is 3.79. The van der Waals surface area contributed by atoms with E-state index in [0.29, 0.717) is 21.0 Å². The van der Waals surface area contributed by atoms with E-state index >= 15 is 0 Å². The fraction of sp³-hybridized carbons (Fsp3) is 1.00. The zero-order valence-electron chi connectivity index (χ0n) is 15.2. The van der Waals surface area contributed by atoms with E-state index in [4.69, 9.17) is 0 Å². The molecule has 0 saturated carbocycles. The van der Waals surface area contributed by atoms with Crippen LogP contribution in [0.4, 0.5) is 74.6 Å². The molecule has 188 valence electrons. The van der Waals surface area contributed by atoms with Crippen LogP contribution < -0.4 is 0 Å². The largest absolute Gasteiger partial charge is 0.460 e. The Morgan fingerprint density at radius 1 is 0.484 bits per heavy atom. The van der Waals surface area contributed by atoms with Crippen molar-refractivity contribution in [3.63, 3.8) is 0 Å². The van der Waals surface area contributed by atoms with Crippen LogP contribution in [0.25, 0.3) is 0 Å². The van der Waals surface area contributed by atoms with E-state index in [1.165, 1.54) is 0 Å². The molecule has 1 unspecified atom stereocenters. The van der Waals surface area contributed by atoms with Gasteiger partial charge in [0.05, 0.1) is 6.04 Å².